The number of amidine groups is 1. The Kier molecular flexibility index (Phi) is 5.61. The van der Waals surface area contributed by atoms with E-state index in [0.29, 0.717) is 17.9 Å². The zero-order valence-corrected chi connectivity index (χ0v) is 19.5. The number of fused-ring (bicyclic) bond motifs is 1. The van der Waals surface area contributed by atoms with Crippen molar-refractivity contribution in [3.05, 3.63) is 82.7 Å². The summed E-state index contributed by atoms with van der Waals surface area (Å²) in [6, 6.07) is 10.7. The number of halogens is 1. The van der Waals surface area contributed by atoms with Crippen LogP contribution in [0.25, 0.3) is 11.8 Å². The summed E-state index contributed by atoms with van der Waals surface area (Å²) in [6.07, 6.45) is 7.44. The molecule has 0 spiro atoms. The first-order valence-corrected chi connectivity index (χ1v) is 11.3. The van der Waals surface area contributed by atoms with Gasteiger partial charge in [-0.1, -0.05) is 11.2 Å². The maximum absolute atomic E-state index is 14.2. The van der Waals surface area contributed by atoms with E-state index < -0.39 is 5.72 Å². The molecule has 0 bridgehead atoms. The molecule has 1 saturated heterocycles. The summed E-state index contributed by atoms with van der Waals surface area (Å²) in [5.41, 5.74) is 3.85. The van der Waals surface area contributed by atoms with Gasteiger partial charge < -0.3 is 24.1 Å². The molecule has 0 amide bonds. The summed E-state index contributed by atoms with van der Waals surface area (Å²) in [5, 5.41) is 14.7. The van der Waals surface area contributed by atoms with E-state index in [2.05, 4.69) is 16.2 Å². The van der Waals surface area contributed by atoms with Crippen LogP contribution in [0.1, 0.15) is 35.2 Å². The molecule has 34 heavy (non-hydrogen) atoms. The second-order valence-electron chi connectivity index (χ2n) is 8.74. The standard InChI is InChI=1S/C26H27FN4O3/c1-17-9-21(13-22(27)10-17)26(15-32)31-8-4-5-20(25(31)29-34-26)11-19-6-7-23(24(12-19)33-3)30-14-18(2)28-16-30/h6-7,9-14,16,32H,4-5,8,15H2,1-3H3/b20-11+. The molecule has 5 rings (SSSR count). The lowest BCUT2D eigenvalue weighted by atomic mass is 9.94. The number of benzene rings is 2. The first kappa shape index (κ1) is 22.2. The molecule has 3 aromatic rings. The molecule has 1 N–H and O–H groups in total. The first-order valence-electron chi connectivity index (χ1n) is 11.3. The molecule has 0 aliphatic carbocycles. The van der Waals surface area contributed by atoms with Crippen LogP contribution in [0.3, 0.4) is 0 Å². The highest BCUT2D eigenvalue weighted by Crippen LogP contribution is 2.41. The number of piperidine rings is 1. The molecule has 0 saturated carbocycles. The lowest BCUT2D eigenvalue weighted by Gasteiger charge is -2.39. The Bertz CT molecular complexity index is 1280. The Balaban J connectivity index is 1.49. The highest BCUT2D eigenvalue weighted by molar-refractivity contribution is 6.03. The molecule has 0 radical (unpaired) electrons. The summed E-state index contributed by atoms with van der Waals surface area (Å²) >= 11 is 0. The molecule has 1 atom stereocenters. The van der Waals surface area contributed by atoms with Crippen molar-refractivity contribution in [3.8, 4) is 11.4 Å². The minimum Gasteiger partial charge on any atom is -0.495 e. The zero-order valence-electron chi connectivity index (χ0n) is 19.5. The average molecular weight is 463 g/mol. The maximum Gasteiger partial charge on any atom is 0.260 e. The largest absolute Gasteiger partial charge is 0.495 e. The molecule has 3 heterocycles. The van der Waals surface area contributed by atoms with Gasteiger partial charge in [-0.2, -0.15) is 0 Å². The number of hydrogen-bond acceptors (Lipinski definition) is 6. The Morgan fingerprint density at radius 1 is 1.24 bits per heavy atom. The number of ether oxygens (including phenoxy) is 1. The van der Waals surface area contributed by atoms with Gasteiger partial charge in [0.05, 0.1) is 24.8 Å². The monoisotopic (exact) mass is 462 g/mol. The van der Waals surface area contributed by atoms with E-state index in [1.54, 1.807) is 13.4 Å². The predicted molar refractivity (Wildman–Crippen MR) is 127 cm³/mol. The quantitative estimate of drug-likeness (QED) is 0.612. The number of hydrogen-bond donors (Lipinski definition) is 1. The average Bonchev–Trinajstić information content (AvgIpc) is 3.43. The van der Waals surface area contributed by atoms with Crippen molar-refractivity contribution in [3.63, 3.8) is 0 Å². The van der Waals surface area contributed by atoms with Crippen molar-refractivity contribution in [2.75, 3.05) is 20.3 Å². The van der Waals surface area contributed by atoms with Gasteiger partial charge in [-0.05, 0) is 79.8 Å². The summed E-state index contributed by atoms with van der Waals surface area (Å²) in [7, 11) is 1.65. The summed E-state index contributed by atoms with van der Waals surface area (Å²) in [5.74, 6) is 1.02. The number of aliphatic hydroxyl groups excluding tert-OH is 1. The van der Waals surface area contributed by atoms with Crippen LogP contribution in [-0.4, -0.2) is 45.7 Å². The fourth-order valence-corrected chi connectivity index (χ4v) is 4.71. The molecule has 2 aliphatic heterocycles. The third-order valence-electron chi connectivity index (χ3n) is 6.33. The van der Waals surface area contributed by atoms with Crippen LogP contribution in [-0.2, 0) is 10.6 Å². The maximum atomic E-state index is 14.2. The van der Waals surface area contributed by atoms with Crippen LogP contribution < -0.4 is 4.74 Å². The highest BCUT2D eigenvalue weighted by Gasteiger charge is 2.49. The SMILES string of the molecule is COc1cc(/C=C2\CCCN3C2=NOC3(CO)c2cc(C)cc(F)c2)ccc1-n1cnc(C)c1. The van der Waals surface area contributed by atoms with Crippen molar-refractivity contribution in [1.29, 1.82) is 0 Å². The molecule has 176 valence electrons. The van der Waals surface area contributed by atoms with Crippen LogP contribution in [0.15, 0.2) is 59.7 Å². The third-order valence-corrected chi connectivity index (χ3v) is 6.33. The van der Waals surface area contributed by atoms with Gasteiger partial charge in [-0.15, -0.1) is 0 Å². The Morgan fingerprint density at radius 3 is 2.79 bits per heavy atom. The second kappa shape index (κ2) is 8.61. The molecule has 1 aromatic heterocycles. The normalized spacial score (nSPS) is 20.8. The predicted octanol–water partition coefficient (Wildman–Crippen LogP) is 4.31. The van der Waals surface area contributed by atoms with Gasteiger partial charge in [-0.3, -0.25) is 0 Å². The first-order chi connectivity index (χ1) is 16.4. The second-order valence-corrected chi connectivity index (χ2v) is 8.74. The fraction of sp³-hybridized carbons (Fsp3) is 0.308. The van der Waals surface area contributed by atoms with Crippen molar-refractivity contribution in [2.24, 2.45) is 5.16 Å². The van der Waals surface area contributed by atoms with Gasteiger partial charge in [0.1, 0.15) is 18.2 Å². The van der Waals surface area contributed by atoms with E-state index in [-0.39, 0.29) is 12.4 Å². The van der Waals surface area contributed by atoms with Crippen molar-refractivity contribution < 1.29 is 19.1 Å². The van der Waals surface area contributed by atoms with Gasteiger partial charge in [0, 0.05) is 18.3 Å². The fourth-order valence-electron chi connectivity index (χ4n) is 4.71. The number of methoxy groups -OCH3 is 1. The number of rotatable bonds is 5. The van der Waals surface area contributed by atoms with Crippen LogP contribution in [0.4, 0.5) is 4.39 Å². The van der Waals surface area contributed by atoms with Crippen molar-refractivity contribution in [1.82, 2.24) is 14.5 Å². The van der Waals surface area contributed by atoms with E-state index >= 15 is 0 Å². The Hall–Kier alpha value is -3.65. The minimum atomic E-state index is -1.23. The summed E-state index contributed by atoms with van der Waals surface area (Å²) < 4.78 is 21.8. The molecular formula is C26H27FN4O3. The lowest BCUT2D eigenvalue weighted by Crippen LogP contribution is -2.51. The summed E-state index contributed by atoms with van der Waals surface area (Å²) in [4.78, 5) is 12.1. The third kappa shape index (κ3) is 3.74. The molecule has 2 aliphatic rings. The van der Waals surface area contributed by atoms with E-state index in [0.717, 1.165) is 46.7 Å². The Morgan fingerprint density at radius 2 is 2.09 bits per heavy atom. The molecule has 8 heteroatoms. The molecule has 7 nitrogen and oxygen atoms in total. The smallest absolute Gasteiger partial charge is 0.260 e. The van der Waals surface area contributed by atoms with Crippen LogP contribution in [0.2, 0.25) is 0 Å². The number of aliphatic hydroxyl groups is 1. The topological polar surface area (TPSA) is 72.1 Å². The van der Waals surface area contributed by atoms with Crippen LogP contribution >= 0.6 is 0 Å². The van der Waals surface area contributed by atoms with E-state index in [1.165, 1.54) is 12.1 Å². The number of aromatic nitrogens is 2. The van der Waals surface area contributed by atoms with Gasteiger partial charge in [0.2, 0.25) is 0 Å². The summed E-state index contributed by atoms with van der Waals surface area (Å²) in [6.45, 7) is 4.06. The minimum absolute atomic E-state index is 0.344. The highest BCUT2D eigenvalue weighted by atomic mass is 19.1. The number of aryl methyl sites for hydroxylation is 2. The van der Waals surface area contributed by atoms with Crippen LogP contribution in [0, 0.1) is 19.7 Å². The lowest BCUT2D eigenvalue weighted by molar-refractivity contribution is -0.137. The van der Waals surface area contributed by atoms with E-state index in [1.807, 2.05) is 53.8 Å². The van der Waals surface area contributed by atoms with E-state index in [9.17, 15) is 9.50 Å². The number of imidazole rings is 1. The van der Waals surface area contributed by atoms with E-state index in [4.69, 9.17) is 9.57 Å². The van der Waals surface area contributed by atoms with Gasteiger partial charge in [-0.25, -0.2) is 9.37 Å². The number of nitrogens with zero attached hydrogens (tertiary/aromatic N) is 4. The van der Waals surface area contributed by atoms with Crippen molar-refractivity contribution >= 4 is 11.9 Å². The van der Waals surface area contributed by atoms with Gasteiger partial charge >= 0.3 is 0 Å². The molecule has 2 aromatic carbocycles. The molecular weight excluding hydrogens is 435 g/mol. The Labute approximate surface area is 197 Å². The number of oxime groups is 1. The molecule has 1 unspecified atom stereocenters. The zero-order chi connectivity index (χ0) is 23.9. The van der Waals surface area contributed by atoms with Gasteiger partial charge in [0.15, 0.2) is 5.84 Å². The van der Waals surface area contributed by atoms with Gasteiger partial charge in [0.25, 0.3) is 5.72 Å². The van der Waals surface area contributed by atoms with Crippen molar-refractivity contribution in [2.45, 2.75) is 32.4 Å². The van der Waals surface area contributed by atoms with Crippen LogP contribution in [0.5, 0.6) is 5.75 Å². The molecule has 1 fully saturated rings.